The summed E-state index contributed by atoms with van der Waals surface area (Å²) in [6.07, 6.45) is -15.9. The van der Waals surface area contributed by atoms with Crippen LogP contribution in [-0.4, -0.2) is 56.8 Å². The molecule has 3 aromatic carbocycles. The third-order valence-electron chi connectivity index (χ3n) is 6.81. The zero-order valence-electron chi connectivity index (χ0n) is 26.1. The number of aromatic nitrogens is 6. The Bertz CT molecular complexity index is 2550. The Morgan fingerprint density at radius 1 is 0.544 bits per heavy atom. The summed E-state index contributed by atoms with van der Waals surface area (Å²) >= 11 is 16.6. The molecule has 0 amide bonds. The molecule has 3 aromatic heterocycles. The minimum atomic E-state index is -6.56. The van der Waals surface area contributed by atoms with Gasteiger partial charge in [0.15, 0.2) is 16.9 Å². The van der Waals surface area contributed by atoms with Crippen LogP contribution in [0.1, 0.15) is 17.5 Å². The number of rotatable bonds is 5. The SMILES string of the molecule is O=[N+]([O-])c1c(Cl)ccc2[nH]c(C(F)(F)F)nc12.O=[N+]([O-])c1cc(Cl)c2nc(C(F)(F)F)[nH]c2c1.O=[N+]([O-])c1cc(Cl)cc2[nH]c(C(F)(F)C(F)(F)C(F)(F)F)nc12. The maximum atomic E-state index is 13.5. The molecule has 0 saturated heterocycles. The number of benzene rings is 3. The highest BCUT2D eigenvalue weighted by Crippen LogP contribution is 2.51. The number of fused-ring (bicyclic) bond motifs is 3. The second kappa shape index (κ2) is 15.0. The Hall–Kier alpha value is -5.77. The summed E-state index contributed by atoms with van der Waals surface area (Å²) in [5, 5.41) is 31.1. The van der Waals surface area contributed by atoms with E-state index in [0.29, 0.717) is 6.07 Å². The zero-order chi connectivity index (χ0) is 43.4. The van der Waals surface area contributed by atoms with Crippen LogP contribution in [0, 0.1) is 30.3 Å². The van der Waals surface area contributed by atoms with Crippen molar-refractivity contribution in [3.8, 4) is 0 Å². The number of aromatic amines is 3. The fourth-order valence-corrected chi connectivity index (χ4v) is 5.01. The van der Waals surface area contributed by atoms with Gasteiger partial charge in [0.2, 0.25) is 11.6 Å². The smallest absolute Gasteiger partial charge is 0.336 e. The van der Waals surface area contributed by atoms with Gasteiger partial charge in [-0.25, -0.2) is 15.0 Å². The van der Waals surface area contributed by atoms with Gasteiger partial charge in [-0.2, -0.15) is 57.1 Å². The van der Waals surface area contributed by atoms with E-state index < -0.39 is 96.2 Å². The molecular formula is C26H9Cl3F13N9O6. The Kier molecular flexibility index (Phi) is 11.5. The van der Waals surface area contributed by atoms with Gasteiger partial charge in [-0.15, -0.1) is 0 Å². The molecule has 6 aromatic rings. The number of nitro groups is 3. The number of alkyl halides is 13. The van der Waals surface area contributed by atoms with Crippen LogP contribution in [0.3, 0.4) is 0 Å². The summed E-state index contributed by atoms with van der Waals surface area (Å²) in [6, 6.07) is 5.75. The molecule has 0 atom stereocenters. The summed E-state index contributed by atoms with van der Waals surface area (Å²) in [6.45, 7) is 0. The van der Waals surface area contributed by atoms with Gasteiger partial charge in [0.05, 0.1) is 36.3 Å². The highest BCUT2D eigenvalue weighted by Gasteiger charge is 2.75. The molecule has 0 fully saturated rings. The topological polar surface area (TPSA) is 215 Å². The van der Waals surface area contributed by atoms with Crippen LogP contribution in [0.15, 0.2) is 36.4 Å². The van der Waals surface area contributed by atoms with E-state index in [1.165, 1.54) is 11.1 Å². The van der Waals surface area contributed by atoms with E-state index in [1.807, 2.05) is 9.97 Å². The summed E-state index contributed by atoms with van der Waals surface area (Å²) in [7, 11) is 0. The molecule has 0 bridgehead atoms. The van der Waals surface area contributed by atoms with Crippen LogP contribution in [0.2, 0.25) is 15.1 Å². The number of nitro benzene ring substituents is 3. The van der Waals surface area contributed by atoms with Gasteiger partial charge in [-0.1, -0.05) is 34.8 Å². The van der Waals surface area contributed by atoms with Gasteiger partial charge in [0, 0.05) is 23.2 Å². The second-order valence-corrected chi connectivity index (χ2v) is 11.9. The van der Waals surface area contributed by atoms with Crippen LogP contribution in [-0.2, 0) is 18.3 Å². The van der Waals surface area contributed by atoms with E-state index in [4.69, 9.17) is 34.8 Å². The monoisotopic (exact) mass is 895 g/mol. The molecule has 0 unspecified atom stereocenters. The van der Waals surface area contributed by atoms with Gasteiger partial charge in [0.1, 0.15) is 10.5 Å². The molecule has 15 nitrogen and oxygen atoms in total. The molecule has 0 spiro atoms. The summed E-state index contributed by atoms with van der Waals surface area (Å²) in [4.78, 5) is 43.9. The van der Waals surface area contributed by atoms with Crippen molar-refractivity contribution in [3.63, 3.8) is 0 Å². The van der Waals surface area contributed by atoms with Crippen LogP contribution in [0.25, 0.3) is 33.1 Å². The molecule has 6 rings (SSSR count). The normalized spacial score (nSPS) is 12.6. The molecule has 306 valence electrons. The molecule has 31 heteroatoms. The molecule has 0 saturated carbocycles. The Balaban J connectivity index is 0.000000193. The van der Waals surface area contributed by atoms with E-state index in [9.17, 15) is 87.4 Å². The summed E-state index contributed by atoms with van der Waals surface area (Å²) in [5.74, 6) is -16.8. The van der Waals surface area contributed by atoms with Crippen molar-refractivity contribution in [2.75, 3.05) is 0 Å². The number of H-pyrrole nitrogens is 3. The number of hydrogen-bond donors (Lipinski definition) is 3. The van der Waals surface area contributed by atoms with E-state index in [-0.39, 0.29) is 31.6 Å². The van der Waals surface area contributed by atoms with E-state index in [0.717, 1.165) is 24.3 Å². The quantitative estimate of drug-likeness (QED) is 0.0851. The third-order valence-corrected chi connectivity index (χ3v) is 7.62. The Morgan fingerprint density at radius 2 is 1.04 bits per heavy atom. The second-order valence-electron chi connectivity index (χ2n) is 10.6. The maximum Gasteiger partial charge on any atom is 0.460 e. The fourth-order valence-electron chi connectivity index (χ4n) is 4.32. The lowest BCUT2D eigenvalue weighted by Gasteiger charge is -2.26. The predicted octanol–water partition coefficient (Wildman–Crippen LogP) is 10.7. The number of hydrogen-bond acceptors (Lipinski definition) is 9. The van der Waals surface area contributed by atoms with Gasteiger partial charge in [-0.3, -0.25) is 30.3 Å². The van der Waals surface area contributed by atoms with Crippen molar-refractivity contribution in [1.82, 2.24) is 29.9 Å². The first-order chi connectivity index (χ1) is 25.9. The van der Waals surface area contributed by atoms with Crippen LogP contribution >= 0.6 is 34.8 Å². The first-order valence-electron chi connectivity index (χ1n) is 13.9. The Morgan fingerprint density at radius 3 is 1.53 bits per heavy atom. The summed E-state index contributed by atoms with van der Waals surface area (Å²) < 4.78 is 164. The zero-order valence-corrected chi connectivity index (χ0v) is 28.4. The van der Waals surface area contributed by atoms with Crippen molar-refractivity contribution < 1.29 is 71.8 Å². The standard InChI is InChI=1S/C10H3ClF7N3O2.2C8H3ClF3N3O2/c11-3-1-4-6(5(2-3)21(22)23)20-7(19-4)8(12,13)9(14,15)10(16,17)18;9-4-1-3(15(16)17)2-5-6(4)14-7(13-5)8(10,11)12;9-3-1-2-4-5(6(3)15(16)17)14-7(13-4)8(10,11)12/h1-2H,(H,19,20);2*1-2H,(H,13,14). The van der Waals surface area contributed by atoms with Crippen molar-refractivity contribution in [1.29, 1.82) is 0 Å². The number of nitrogens with one attached hydrogen (secondary N) is 3. The number of non-ortho nitro benzene ring substituents is 2. The van der Waals surface area contributed by atoms with E-state index in [2.05, 4.69) is 15.0 Å². The highest BCUT2D eigenvalue weighted by molar-refractivity contribution is 6.35. The minimum Gasteiger partial charge on any atom is -0.336 e. The van der Waals surface area contributed by atoms with Crippen LogP contribution < -0.4 is 0 Å². The van der Waals surface area contributed by atoms with Crippen LogP contribution in [0.4, 0.5) is 74.1 Å². The molecule has 3 heterocycles. The van der Waals surface area contributed by atoms with Gasteiger partial charge < -0.3 is 15.0 Å². The molecule has 0 radical (unpaired) electrons. The maximum absolute atomic E-state index is 13.5. The van der Waals surface area contributed by atoms with Gasteiger partial charge in [0.25, 0.3) is 11.4 Å². The highest BCUT2D eigenvalue weighted by atomic mass is 35.5. The molecule has 0 aliphatic rings. The van der Waals surface area contributed by atoms with Gasteiger partial charge >= 0.3 is 36.1 Å². The lowest BCUT2D eigenvalue weighted by atomic mass is 10.1. The lowest BCUT2D eigenvalue weighted by Crippen LogP contribution is -2.50. The molecule has 0 aliphatic heterocycles. The first kappa shape index (κ1) is 44.0. The Labute approximate surface area is 316 Å². The van der Waals surface area contributed by atoms with Crippen molar-refractivity contribution >= 4 is 85.0 Å². The largest absolute Gasteiger partial charge is 0.460 e. The average Bonchev–Trinajstić information content (AvgIpc) is 3.81. The minimum absolute atomic E-state index is 0.0894. The number of halogens is 16. The molecule has 3 N–H and O–H groups in total. The fraction of sp³-hybridized carbons (Fsp3) is 0.192. The molecular weight excluding hydrogens is 888 g/mol. The summed E-state index contributed by atoms with van der Waals surface area (Å²) in [5.41, 5.74) is -4.16. The lowest BCUT2D eigenvalue weighted by molar-refractivity contribution is -0.384. The van der Waals surface area contributed by atoms with Crippen molar-refractivity contribution in [3.05, 3.63) is 99.3 Å². The number of nitrogens with zero attached hydrogens (tertiary/aromatic N) is 6. The van der Waals surface area contributed by atoms with E-state index >= 15 is 0 Å². The molecule has 57 heavy (non-hydrogen) atoms. The number of imidazole rings is 3. The predicted molar refractivity (Wildman–Crippen MR) is 168 cm³/mol. The average molecular weight is 897 g/mol. The molecule has 0 aliphatic carbocycles. The first-order valence-corrected chi connectivity index (χ1v) is 15.0. The van der Waals surface area contributed by atoms with Crippen molar-refractivity contribution in [2.45, 2.75) is 30.4 Å². The van der Waals surface area contributed by atoms with E-state index in [1.54, 1.807) is 0 Å². The van der Waals surface area contributed by atoms with Gasteiger partial charge in [-0.05, 0) is 18.2 Å². The van der Waals surface area contributed by atoms with Crippen molar-refractivity contribution in [2.24, 2.45) is 0 Å². The van der Waals surface area contributed by atoms with Crippen LogP contribution in [0.5, 0.6) is 0 Å². The third kappa shape index (κ3) is 8.80.